The molecule has 1 N–H and O–H groups in total. The number of hydrogen-bond donors (Lipinski definition) is 1. The molecule has 1 aliphatic heterocycles. The molecule has 2 heterocycles. The summed E-state index contributed by atoms with van der Waals surface area (Å²) >= 11 is 3.02. The first-order valence-electron chi connectivity index (χ1n) is 9.31. The van der Waals surface area contributed by atoms with Crippen LogP contribution < -0.4 is 5.32 Å². The topological polar surface area (TPSA) is 92.3 Å². The number of rotatable bonds is 10. The van der Waals surface area contributed by atoms with E-state index in [9.17, 15) is 14.4 Å². The summed E-state index contributed by atoms with van der Waals surface area (Å²) in [6.45, 7) is 2.48. The van der Waals surface area contributed by atoms with Crippen LogP contribution in [0, 0.1) is 0 Å². The van der Waals surface area contributed by atoms with Crippen LogP contribution in [0.2, 0.25) is 0 Å². The number of nitrogens with zero attached hydrogens (tertiary/aromatic N) is 3. The number of aromatic nitrogens is 2. The van der Waals surface area contributed by atoms with Crippen molar-refractivity contribution in [3.63, 3.8) is 0 Å². The first-order valence-corrected chi connectivity index (χ1v) is 11.1. The van der Waals surface area contributed by atoms with Crippen LogP contribution in [0.5, 0.6) is 0 Å². The molecule has 0 spiro atoms. The van der Waals surface area contributed by atoms with E-state index in [1.54, 1.807) is 36.0 Å². The number of unbranched alkanes of at least 4 members (excludes halogenated alkanes) is 2. The predicted molar refractivity (Wildman–Crippen MR) is 110 cm³/mol. The highest BCUT2D eigenvalue weighted by molar-refractivity contribution is 8.01. The third kappa shape index (κ3) is 4.96. The van der Waals surface area contributed by atoms with Gasteiger partial charge >= 0.3 is 0 Å². The Bertz CT molecular complexity index is 833. The minimum absolute atomic E-state index is 0.0936. The monoisotopic (exact) mass is 418 g/mol. The maximum Gasteiger partial charge on any atom is 0.261 e. The molecule has 3 rings (SSSR count). The lowest BCUT2D eigenvalue weighted by atomic mass is 10.1. The molecule has 0 unspecified atom stereocenters. The summed E-state index contributed by atoms with van der Waals surface area (Å²) in [5.74, 6) is 0.428. The molecule has 0 aliphatic carbocycles. The standard InChI is InChI=1S/C19H22N4O3S2/c1-2-12-27-19-22-21-18(28-19)20-15(24)10-4-3-7-11-23-16(25)13-8-5-6-9-14(13)17(23)26/h5-6,8-9H,2-4,7,10-12H2,1H3,(H,20,21,24). The maximum absolute atomic E-state index is 12.3. The average Bonchev–Trinajstić information content (AvgIpc) is 3.24. The highest BCUT2D eigenvalue weighted by Crippen LogP contribution is 2.26. The Kier molecular flexibility index (Phi) is 7.16. The molecular weight excluding hydrogens is 396 g/mol. The normalized spacial score (nSPS) is 13.1. The molecular formula is C19H22N4O3S2. The summed E-state index contributed by atoms with van der Waals surface area (Å²) in [5.41, 5.74) is 0.945. The van der Waals surface area contributed by atoms with E-state index in [0.29, 0.717) is 42.1 Å². The molecule has 148 valence electrons. The quantitative estimate of drug-likeness (QED) is 0.273. The van der Waals surface area contributed by atoms with Crippen LogP contribution in [0.25, 0.3) is 0 Å². The smallest absolute Gasteiger partial charge is 0.261 e. The van der Waals surface area contributed by atoms with Crippen LogP contribution in [-0.2, 0) is 4.79 Å². The van der Waals surface area contributed by atoms with Crippen molar-refractivity contribution in [1.82, 2.24) is 15.1 Å². The fourth-order valence-corrected chi connectivity index (χ4v) is 4.56. The molecule has 1 aromatic carbocycles. The number of hydrogen-bond acceptors (Lipinski definition) is 7. The lowest BCUT2D eigenvalue weighted by Crippen LogP contribution is -2.30. The minimum Gasteiger partial charge on any atom is -0.301 e. The lowest BCUT2D eigenvalue weighted by Gasteiger charge is -2.13. The molecule has 0 bridgehead atoms. The van der Waals surface area contributed by atoms with Crippen molar-refractivity contribution in [3.05, 3.63) is 35.4 Å². The number of amides is 3. The fraction of sp³-hybridized carbons (Fsp3) is 0.421. The molecule has 0 radical (unpaired) electrons. The Balaban J connectivity index is 1.35. The third-order valence-corrected chi connectivity index (χ3v) is 6.42. The number of carbonyl (C=O) groups is 3. The highest BCUT2D eigenvalue weighted by atomic mass is 32.2. The van der Waals surface area contributed by atoms with Crippen molar-refractivity contribution in [1.29, 1.82) is 0 Å². The Morgan fingerprint density at radius 3 is 2.50 bits per heavy atom. The van der Waals surface area contributed by atoms with Crippen LogP contribution in [0.15, 0.2) is 28.6 Å². The van der Waals surface area contributed by atoms with E-state index < -0.39 is 0 Å². The Morgan fingerprint density at radius 1 is 1.11 bits per heavy atom. The number of nitrogens with one attached hydrogen (secondary N) is 1. The number of anilines is 1. The molecule has 1 aliphatic rings. The summed E-state index contributed by atoms with van der Waals surface area (Å²) in [6.07, 6.45) is 3.56. The molecule has 0 saturated carbocycles. The number of imide groups is 1. The molecule has 9 heteroatoms. The van der Waals surface area contributed by atoms with Crippen molar-refractivity contribution in [3.8, 4) is 0 Å². The summed E-state index contributed by atoms with van der Waals surface area (Å²) in [6, 6.07) is 6.88. The molecule has 28 heavy (non-hydrogen) atoms. The van der Waals surface area contributed by atoms with Crippen LogP contribution in [0.1, 0.15) is 59.7 Å². The second-order valence-electron chi connectivity index (χ2n) is 6.39. The lowest BCUT2D eigenvalue weighted by molar-refractivity contribution is -0.116. The van der Waals surface area contributed by atoms with Crippen LogP contribution >= 0.6 is 23.1 Å². The fourth-order valence-electron chi connectivity index (χ4n) is 2.86. The van der Waals surface area contributed by atoms with Gasteiger partial charge in [-0.25, -0.2) is 0 Å². The van der Waals surface area contributed by atoms with Gasteiger partial charge in [0.2, 0.25) is 11.0 Å². The molecule has 1 aromatic heterocycles. The van der Waals surface area contributed by atoms with Crippen LogP contribution in [0.3, 0.4) is 0 Å². The summed E-state index contributed by atoms with van der Waals surface area (Å²) in [7, 11) is 0. The van der Waals surface area contributed by atoms with Gasteiger partial charge in [0.1, 0.15) is 0 Å². The van der Waals surface area contributed by atoms with Gasteiger partial charge in [0.15, 0.2) is 4.34 Å². The zero-order valence-electron chi connectivity index (χ0n) is 15.6. The van der Waals surface area contributed by atoms with Crippen molar-refractivity contribution in [2.45, 2.75) is 43.4 Å². The SMILES string of the molecule is CCCSc1nnc(NC(=O)CCCCCN2C(=O)c3ccccc3C2=O)s1. The molecule has 7 nitrogen and oxygen atoms in total. The van der Waals surface area contributed by atoms with E-state index in [1.807, 2.05) is 0 Å². The zero-order valence-corrected chi connectivity index (χ0v) is 17.3. The van der Waals surface area contributed by atoms with E-state index in [0.717, 1.165) is 22.9 Å². The van der Waals surface area contributed by atoms with Gasteiger partial charge in [0.25, 0.3) is 11.8 Å². The predicted octanol–water partition coefficient (Wildman–Crippen LogP) is 3.84. The van der Waals surface area contributed by atoms with Gasteiger partial charge in [-0.15, -0.1) is 10.2 Å². The van der Waals surface area contributed by atoms with E-state index in [-0.39, 0.29) is 17.7 Å². The molecule has 3 amide bonds. The Hall–Kier alpha value is -2.26. The molecule has 2 aromatic rings. The average molecular weight is 419 g/mol. The van der Waals surface area contributed by atoms with Crippen molar-refractivity contribution >= 4 is 46.0 Å². The number of benzene rings is 1. The van der Waals surface area contributed by atoms with E-state index >= 15 is 0 Å². The van der Waals surface area contributed by atoms with Gasteiger partial charge in [-0.2, -0.15) is 0 Å². The first-order chi connectivity index (χ1) is 13.6. The number of thioether (sulfide) groups is 1. The van der Waals surface area contributed by atoms with Gasteiger partial charge in [-0.1, -0.05) is 48.6 Å². The number of carbonyl (C=O) groups excluding carboxylic acids is 3. The molecule has 0 saturated heterocycles. The summed E-state index contributed by atoms with van der Waals surface area (Å²) in [4.78, 5) is 37.9. The van der Waals surface area contributed by atoms with Crippen molar-refractivity contribution in [2.24, 2.45) is 0 Å². The second kappa shape index (κ2) is 9.79. The van der Waals surface area contributed by atoms with Gasteiger partial charge in [0, 0.05) is 18.7 Å². The zero-order chi connectivity index (χ0) is 19.9. The van der Waals surface area contributed by atoms with E-state index in [1.165, 1.54) is 16.2 Å². The third-order valence-electron chi connectivity index (χ3n) is 4.25. The van der Waals surface area contributed by atoms with Gasteiger partial charge in [-0.05, 0) is 31.4 Å². The maximum atomic E-state index is 12.3. The Morgan fingerprint density at radius 2 is 1.82 bits per heavy atom. The van der Waals surface area contributed by atoms with Crippen LogP contribution in [0.4, 0.5) is 5.13 Å². The van der Waals surface area contributed by atoms with E-state index in [2.05, 4.69) is 22.4 Å². The summed E-state index contributed by atoms with van der Waals surface area (Å²) in [5, 5.41) is 11.3. The minimum atomic E-state index is -0.230. The summed E-state index contributed by atoms with van der Waals surface area (Å²) < 4.78 is 0.859. The highest BCUT2D eigenvalue weighted by Gasteiger charge is 2.34. The van der Waals surface area contributed by atoms with Crippen LogP contribution in [-0.4, -0.2) is 45.1 Å². The van der Waals surface area contributed by atoms with E-state index in [4.69, 9.17) is 0 Å². The van der Waals surface area contributed by atoms with Crippen molar-refractivity contribution in [2.75, 3.05) is 17.6 Å². The molecule has 0 atom stereocenters. The van der Waals surface area contributed by atoms with Gasteiger partial charge in [0.05, 0.1) is 11.1 Å². The van der Waals surface area contributed by atoms with Crippen molar-refractivity contribution < 1.29 is 14.4 Å². The second-order valence-corrected chi connectivity index (χ2v) is 8.71. The first kappa shape index (κ1) is 20.5. The largest absolute Gasteiger partial charge is 0.301 e. The van der Waals surface area contributed by atoms with Gasteiger partial charge in [-0.3, -0.25) is 19.3 Å². The van der Waals surface area contributed by atoms with Gasteiger partial charge < -0.3 is 5.32 Å². The Labute approximate surface area is 171 Å². The molecule has 0 fully saturated rings. The number of fused-ring (bicyclic) bond motifs is 1.